The predicted octanol–water partition coefficient (Wildman–Crippen LogP) is 6.99. The van der Waals surface area contributed by atoms with Crippen LogP contribution < -0.4 is 20.7 Å². The van der Waals surface area contributed by atoms with Crippen LogP contribution in [0.1, 0.15) is 68.3 Å². The Morgan fingerprint density at radius 2 is 1.78 bits per heavy atom. The van der Waals surface area contributed by atoms with Gasteiger partial charge in [0.2, 0.25) is 5.75 Å². The van der Waals surface area contributed by atoms with E-state index in [4.69, 9.17) is 21.1 Å². The second-order valence-corrected chi connectivity index (χ2v) is 10.2. The minimum absolute atomic E-state index is 0.0111. The lowest BCUT2D eigenvalue weighted by Crippen LogP contribution is -2.40. The Hall–Kier alpha value is -3.80. The molecule has 9 nitrogen and oxygen atoms in total. The number of rotatable bonds is 6. The van der Waals surface area contributed by atoms with Crippen molar-refractivity contribution < 1.29 is 27.6 Å². The number of aromatic nitrogens is 2. The molecule has 3 aromatic rings. The van der Waals surface area contributed by atoms with Gasteiger partial charge in [0.05, 0.1) is 22.1 Å². The monoisotopic (exact) mass is 595 g/mol. The third kappa shape index (κ3) is 7.10. The Balaban J connectivity index is 0.000000199. The molecule has 0 unspecified atom stereocenters. The third-order valence-corrected chi connectivity index (χ3v) is 7.32. The molecule has 5 rings (SSSR count). The molecule has 0 radical (unpaired) electrons. The van der Waals surface area contributed by atoms with Crippen LogP contribution in [-0.4, -0.2) is 21.1 Å². The molecule has 0 spiro atoms. The molecule has 0 aliphatic heterocycles. The molecule has 1 saturated carbocycles. The van der Waals surface area contributed by atoms with Crippen molar-refractivity contribution in [1.29, 1.82) is 0 Å². The van der Waals surface area contributed by atoms with Crippen molar-refractivity contribution in [3.8, 4) is 17.2 Å². The summed E-state index contributed by atoms with van der Waals surface area (Å²) in [5, 5.41) is 10.7. The highest BCUT2D eigenvalue weighted by atomic mass is 35.5. The lowest BCUT2D eigenvalue weighted by Gasteiger charge is -2.23. The minimum Gasteiger partial charge on any atom is -0.487 e. The molecule has 2 aliphatic rings. The van der Waals surface area contributed by atoms with E-state index in [1.165, 1.54) is 29.2 Å². The number of nitrogens with zero attached hydrogens (tertiary/aromatic N) is 2. The molecular formula is C28H29ClF3N3O6. The zero-order chi connectivity index (χ0) is 29.7. The average molecular weight is 596 g/mol. The van der Waals surface area contributed by atoms with Gasteiger partial charge < -0.3 is 14.5 Å². The second kappa shape index (κ2) is 12.8. The van der Waals surface area contributed by atoms with Gasteiger partial charge in [-0.05, 0) is 63.3 Å². The van der Waals surface area contributed by atoms with E-state index in [1.807, 2.05) is 0 Å². The van der Waals surface area contributed by atoms with Crippen LogP contribution in [0, 0.1) is 10.1 Å². The molecule has 0 atom stereocenters. The highest BCUT2D eigenvalue weighted by Gasteiger charge is 2.31. The molecule has 1 N–H and O–H groups in total. The number of hydrogen-bond donors (Lipinski definition) is 1. The summed E-state index contributed by atoms with van der Waals surface area (Å²) in [7, 11) is 0. The molecule has 0 amide bonds. The van der Waals surface area contributed by atoms with Crippen molar-refractivity contribution in [2.75, 3.05) is 6.61 Å². The number of aromatic amines is 1. The number of alkyl halides is 3. The second-order valence-electron chi connectivity index (χ2n) is 9.77. The average Bonchev–Trinajstić information content (AvgIpc) is 3.39. The largest absolute Gasteiger partial charge is 0.487 e. The fourth-order valence-electron chi connectivity index (χ4n) is 5.08. The van der Waals surface area contributed by atoms with Crippen molar-refractivity contribution in [3.05, 3.63) is 89.2 Å². The van der Waals surface area contributed by atoms with Crippen LogP contribution in [0.3, 0.4) is 0 Å². The number of hydrogen-bond acceptors (Lipinski definition) is 6. The zero-order valence-electron chi connectivity index (χ0n) is 22.3. The number of ether oxygens (including phenoxy) is 2. The highest BCUT2D eigenvalue weighted by molar-refractivity contribution is 6.32. The smallest absolute Gasteiger partial charge is 0.416 e. The number of fused-ring (bicyclic) bond motifs is 1. The molecule has 0 saturated heterocycles. The van der Waals surface area contributed by atoms with E-state index in [-0.39, 0.29) is 51.9 Å². The SMILES string of the molecule is CCOc1cc(Oc2ccc(C(F)(F)F)cc2Cl)ccc1[N+](=O)[O-].O=c1[nH]c2c(c(=O)n1C1CCCCC1)CCC2. The Morgan fingerprint density at radius 3 is 2.41 bits per heavy atom. The quantitative estimate of drug-likeness (QED) is 0.242. The van der Waals surface area contributed by atoms with Gasteiger partial charge in [0.1, 0.15) is 11.5 Å². The molecule has 2 aromatic carbocycles. The van der Waals surface area contributed by atoms with Gasteiger partial charge in [0.25, 0.3) is 5.56 Å². The van der Waals surface area contributed by atoms with Crippen molar-refractivity contribution in [2.24, 2.45) is 0 Å². The topological polar surface area (TPSA) is 116 Å². The van der Waals surface area contributed by atoms with Crippen LogP contribution >= 0.6 is 11.6 Å². The van der Waals surface area contributed by atoms with Crippen molar-refractivity contribution in [3.63, 3.8) is 0 Å². The maximum absolute atomic E-state index is 12.6. The van der Waals surface area contributed by atoms with Crippen LogP contribution in [0.15, 0.2) is 46.0 Å². The summed E-state index contributed by atoms with van der Waals surface area (Å²) >= 11 is 5.80. The highest BCUT2D eigenvalue weighted by Crippen LogP contribution is 2.38. The van der Waals surface area contributed by atoms with E-state index in [2.05, 4.69) is 4.98 Å². The van der Waals surface area contributed by atoms with Crippen LogP contribution in [-0.2, 0) is 19.0 Å². The van der Waals surface area contributed by atoms with Gasteiger partial charge in [0.15, 0.2) is 0 Å². The van der Waals surface area contributed by atoms with Crippen LogP contribution in [0.25, 0.3) is 0 Å². The fourth-order valence-corrected chi connectivity index (χ4v) is 5.30. The van der Waals surface area contributed by atoms with E-state index < -0.39 is 16.7 Å². The summed E-state index contributed by atoms with van der Waals surface area (Å²) in [5.74, 6) is 0.120. The van der Waals surface area contributed by atoms with Crippen LogP contribution in [0.4, 0.5) is 18.9 Å². The normalized spacial score (nSPS) is 15.0. The molecule has 1 aromatic heterocycles. The summed E-state index contributed by atoms with van der Waals surface area (Å²) in [4.78, 5) is 37.5. The zero-order valence-corrected chi connectivity index (χ0v) is 23.0. The molecule has 2 aliphatic carbocycles. The number of nitro groups is 1. The lowest BCUT2D eigenvalue weighted by atomic mass is 9.95. The summed E-state index contributed by atoms with van der Waals surface area (Å²) in [5.41, 5.74) is 0.374. The Bertz CT molecular complexity index is 1530. The summed E-state index contributed by atoms with van der Waals surface area (Å²) in [6, 6.07) is 6.53. The Morgan fingerprint density at radius 1 is 1.05 bits per heavy atom. The molecule has 0 bridgehead atoms. The number of H-pyrrole nitrogens is 1. The third-order valence-electron chi connectivity index (χ3n) is 7.03. The summed E-state index contributed by atoms with van der Waals surface area (Å²) in [6.45, 7) is 1.86. The standard InChI is InChI=1S/C15H11ClF3NO4.C13H18N2O2/c1-2-23-14-8-10(4-5-12(14)20(21)22)24-13-6-3-9(7-11(13)16)15(17,18)19;16-12-10-7-4-8-11(10)14-13(17)15(12)9-5-2-1-3-6-9/h3-8H,2H2,1H3;9H,1-8H2,(H,14,17). The fraction of sp³-hybridized carbons (Fsp3) is 0.429. The first-order valence-corrected chi connectivity index (χ1v) is 13.7. The molecule has 41 heavy (non-hydrogen) atoms. The van der Waals surface area contributed by atoms with Crippen LogP contribution in [0.5, 0.6) is 17.2 Å². The van der Waals surface area contributed by atoms with Gasteiger partial charge in [-0.25, -0.2) is 4.79 Å². The Labute approximate surface area is 238 Å². The maximum Gasteiger partial charge on any atom is 0.416 e. The first-order chi connectivity index (χ1) is 19.5. The molecule has 220 valence electrons. The van der Waals surface area contributed by atoms with Gasteiger partial charge in [-0.2, -0.15) is 13.2 Å². The summed E-state index contributed by atoms with van der Waals surface area (Å²) in [6.07, 6.45) is 3.61. The van der Waals surface area contributed by atoms with E-state index in [1.54, 1.807) is 6.92 Å². The molecular weight excluding hydrogens is 567 g/mol. The van der Waals surface area contributed by atoms with Crippen LogP contribution in [0.2, 0.25) is 5.02 Å². The number of nitro benzene ring substituents is 1. The van der Waals surface area contributed by atoms with Gasteiger partial charge in [-0.3, -0.25) is 19.5 Å². The van der Waals surface area contributed by atoms with E-state index >= 15 is 0 Å². The molecule has 1 heterocycles. The molecule has 13 heteroatoms. The first-order valence-electron chi connectivity index (χ1n) is 13.3. The van der Waals surface area contributed by atoms with Crippen molar-refractivity contribution in [1.82, 2.24) is 9.55 Å². The van der Waals surface area contributed by atoms with E-state index in [0.717, 1.165) is 74.4 Å². The van der Waals surface area contributed by atoms with Gasteiger partial charge in [0, 0.05) is 29.4 Å². The van der Waals surface area contributed by atoms with Gasteiger partial charge in [-0.15, -0.1) is 0 Å². The van der Waals surface area contributed by atoms with Gasteiger partial charge >= 0.3 is 17.6 Å². The Kier molecular flexibility index (Phi) is 9.42. The number of halogens is 4. The van der Waals surface area contributed by atoms with E-state index in [9.17, 15) is 32.9 Å². The maximum atomic E-state index is 12.6. The number of aryl methyl sites for hydroxylation is 1. The predicted molar refractivity (Wildman–Crippen MR) is 146 cm³/mol. The van der Waals surface area contributed by atoms with Gasteiger partial charge in [-0.1, -0.05) is 30.9 Å². The van der Waals surface area contributed by atoms with Crippen molar-refractivity contribution in [2.45, 2.75) is 70.5 Å². The van der Waals surface area contributed by atoms with Crippen molar-refractivity contribution >= 4 is 17.3 Å². The summed E-state index contributed by atoms with van der Waals surface area (Å²) < 4.78 is 49.9. The number of nitrogens with one attached hydrogen (secondary N) is 1. The lowest BCUT2D eigenvalue weighted by molar-refractivity contribution is -0.385. The minimum atomic E-state index is -4.52. The molecule has 1 fully saturated rings. The number of benzene rings is 2. The first kappa shape index (κ1) is 30.2. The van der Waals surface area contributed by atoms with E-state index in [0.29, 0.717) is 0 Å².